The monoisotopic (exact) mass is 156 g/mol. The van der Waals surface area contributed by atoms with Crippen molar-refractivity contribution < 1.29 is 4.79 Å². The second-order valence-corrected chi connectivity index (χ2v) is 3.39. The molecule has 0 spiro atoms. The molecule has 3 nitrogen and oxygen atoms in total. The zero-order valence-electron chi connectivity index (χ0n) is 6.81. The fourth-order valence-electron chi connectivity index (χ4n) is 1.66. The van der Waals surface area contributed by atoms with Gasteiger partial charge >= 0.3 is 0 Å². The molecule has 0 radical (unpaired) electrons. The lowest BCUT2D eigenvalue weighted by atomic mass is 9.65. The van der Waals surface area contributed by atoms with Crippen LogP contribution in [0.2, 0.25) is 0 Å². The van der Waals surface area contributed by atoms with Gasteiger partial charge in [0, 0.05) is 5.41 Å². The average Bonchev–Trinajstić information content (AvgIpc) is 1.85. The van der Waals surface area contributed by atoms with Crippen molar-refractivity contribution in [2.45, 2.75) is 32.1 Å². The molecule has 0 atom stereocenters. The fourth-order valence-corrected chi connectivity index (χ4v) is 1.66. The molecule has 1 saturated carbocycles. The number of carbonyl (C=O) groups is 1. The van der Waals surface area contributed by atoms with Crippen molar-refractivity contribution in [2.24, 2.45) is 16.9 Å². The number of hydrogen-bond donors (Lipinski definition) is 2. The molecule has 1 fully saturated rings. The molecule has 1 aliphatic rings. The van der Waals surface area contributed by atoms with E-state index in [1.54, 1.807) is 0 Å². The Balaban J connectivity index is 2.40. The smallest absolute Gasteiger partial charge is 0.223 e. The van der Waals surface area contributed by atoms with Crippen LogP contribution in [0.15, 0.2) is 0 Å². The molecular formula is C8H16N2O. The number of carbonyl (C=O) groups excluding carboxylic acids is 1. The molecule has 1 rings (SSSR count). The summed E-state index contributed by atoms with van der Waals surface area (Å²) in [5.74, 6) is -0.128. The van der Waals surface area contributed by atoms with Gasteiger partial charge in [0.1, 0.15) is 0 Å². The molecule has 0 aromatic heterocycles. The summed E-state index contributed by atoms with van der Waals surface area (Å²) in [6.45, 7) is 0.662. The standard InChI is InChI=1S/C8H16N2O/c9-6-2-5-8(7(10)11)3-1-4-8/h1-6,9H2,(H2,10,11). The Morgan fingerprint density at radius 2 is 2.09 bits per heavy atom. The maximum atomic E-state index is 11.0. The number of amides is 1. The van der Waals surface area contributed by atoms with Crippen LogP contribution >= 0.6 is 0 Å². The Hall–Kier alpha value is -0.570. The molecule has 1 amide bonds. The van der Waals surface area contributed by atoms with E-state index in [4.69, 9.17) is 11.5 Å². The maximum absolute atomic E-state index is 11.0. The highest BCUT2D eigenvalue weighted by Crippen LogP contribution is 2.44. The van der Waals surface area contributed by atoms with E-state index in [0.717, 1.165) is 32.1 Å². The summed E-state index contributed by atoms with van der Waals surface area (Å²) in [6.07, 6.45) is 4.90. The molecule has 0 unspecified atom stereocenters. The van der Waals surface area contributed by atoms with Crippen molar-refractivity contribution in [1.29, 1.82) is 0 Å². The highest BCUT2D eigenvalue weighted by Gasteiger charge is 2.41. The van der Waals surface area contributed by atoms with Crippen molar-refractivity contribution in [2.75, 3.05) is 6.54 Å². The van der Waals surface area contributed by atoms with Gasteiger partial charge in [-0.1, -0.05) is 6.42 Å². The molecule has 3 heteroatoms. The van der Waals surface area contributed by atoms with Crippen molar-refractivity contribution >= 4 is 5.91 Å². The third-order valence-corrected chi connectivity index (χ3v) is 2.69. The summed E-state index contributed by atoms with van der Waals surface area (Å²) in [5.41, 5.74) is 10.5. The maximum Gasteiger partial charge on any atom is 0.223 e. The molecule has 11 heavy (non-hydrogen) atoms. The molecule has 0 bridgehead atoms. The first-order valence-electron chi connectivity index (χ1n) is 4.21. The van der Waals surface area contributed by atoms with Gasteiger partial charge in [0.05, 0.1) is 0 Å². The van der Waals surface area contributed by atoms with Gasteiger partial charge in [0.15, 0.2) is 0 Å². The Morgan fingerprint density at radius 3 is 2.36 bits per heavy atom. The zero-order valence-corrected chi connectivity index (χ0v) is 6.81. The first kappa shape index (κ1) is 8.53. The van der Waals surface area contributed by atoms with Crippen LogP contribution in [0.3, 0.4) is 0 Å². The Labute approximate surface area is 67.1 Å². The molecule has 64 valence electrons. The van der Waals surface area contributed by atoms with E-state index in [1.807, 2.05) is 0 Å². The minimum atomic E-state index is -0.167. The molecular weight excluding hydrogens is 140 g/mol. The normalized spacial score (nSPS) is 20.8. The van der Waals surface area contributed by atoms with E-state index in [9.17, 15) is 4.79 Å². The highest BCUT2D eigenvalue weighted by molar-refractivity contribution is 5.81. The predicted molar refractivity (Wildman–Crippen MR) is 43.8 cm³/mol. The van der Waals surface area contributed by atoms with Crippen LogP contribution in [0.5, 0.6) is 0 Å². The van der Waals surface area contributed by atoms with Gasteiger partial charge in [0.25, 0.3) is 0 Å². The Kier molecular flexibility index (Phi) is 2.49. The SMILES string of the molecule is NCCCC1(C(N)=O)CCC1. The molecule has 0 aromatic carbocycles. The van der Waals surface area contributed by atoms with E-state index in [1.165, 1.54) is 0 Å². The zero-order chi connectivity index (χ0) is 8.32. The van der Waals surface area contributed by atoms with Crippen LogP contribution in [-0.2, 0) is 4.79 Å². The quantitative estimate of drug-likeness (QED) is 0.617. The molecule has 1 aliphatic carbocycles. The molecule has 4 N–H and O–H groups in total. The van der Waals surface area contributed by atoms with Crippen LogP contribution < -0.4 is 11.5 Å². The van der Waals surface area contributed by atoms with Gasteiger partial charge in [-0.15, -0.1) is 0 Å². The average molecular weight is 156 g/mol. The summed E-state index contributed by atoms with van der Waals surface area (Å²) in [4.78, 5) is 11.0. The number of hydrogen-bond acceptors (Lipinski definition) is 2. The second-order valence-electron chi connectivity index (χ2n) is 3.39. The molecule has 0 aromatic rings. The number of primary amides is 1. The van der Waals surface area contributed by atoms with Crippen molar-refractivity contribution in [1.82, 2.24) is 0 Å². The molecule has 0 aliphatic heterocycles. The summed E-state index contributed by atoms with van der Waals surface area (Å²) in [6, 6.07) is 0. The predicted octanol–water partition coefficient (Wildman–Crippen LogP) is 0.381. The third-order valence-electron chi connectivity index (χ3n) is 2.69. The lowest BCUT2D eigenvalue weighted by Gasteiger charge is -2.38. The minimum Gasteiger partial charge on any atom is -0.369 e. The fraction of sp³-hybridized carbons (Fsp3) is 0.875. The summed E-state index contributed by atoms with van der Waals surface area (Å²) >= 11 is 0. The van der Waals surface area contributed by atoms with E-state index in [-0.39, 0.29) is 11.3 Å². The van der Waals surface area contributed by atoms with Gasteiger partial charge in [0.2, 0.25) is 5.91 Å². The van der Waals surface area contributed by atoms with Crippen LogP contribution in [-0.4, -0.2) is 12.5 Å². The lowest BCUT2D eigenvalue weighted by molar-refractivity contribution is -0.133. The summed E-state index contributed by atoms with van der Waals surface area (Å²) < 4.78 is 0. The van der Waals surface area contributed by atoms with Crippen molar-refractivity contribution in [3.8, 4) is 0 Å². The van der Waals surface area contributed by atoms with Crippen LogP contribution in [0, 0.1) is 5.41 Å². The lowest BCUT2D eigenvalue weighted by Crippen LogP contribution is -2.42. The third kappa shape index (κ3) is 1.53. The largest absolute Gasteiger partial charge is 0.369 e. The Bertz CT molecular complexity index is 152. The van der Waals surface area contributed by atoms with Crippen LogP contribution in [0.4, 0.5) is 0 Å². The van der Waals surface area contributed by atoms with Gasteiger partial charge in [-0.05, 0) is 32.2 Å². The topological polar surface area (TPSA) is 69.1 Å². The molecule has 0 heterocycles. The Morgan fingerprint density at radius 1 is 1.45 bits per heavy atom. The van der Waals surface area contributed by atoms with E-state index in [2.05, 4.69) is 0 Å². The van der Waals surface area contributed by atoms with E-state index >= 15 is 0 Å². The van der Waals surface area contributed by atoms with Gasteiger partial charge in [-0.2, -0.15) is 0 Å². The van der Waals surface area contributed by atoms with Crippen LogP contribution in [0.25, 0.3) is 0 Å². The summed E-state index contributed by atoms with van der Waals surface area (Å²) in [5, 5.41) is 0. The minimum absolute atomic E-state index is 0.128. The first-order chi connectivity index (χ1) is 5.21. The second kappa shape index (κ2) is 3.22. The van der Waals surface area contributed by atoms with Crippen LogP contribution in [0.1, 0.15) is 32.1 Å². The summed E-state index contributed by atoms with van der Waals surface area (Å²) in [7, 11) is 0. The van der Waals surface area contributed by atoms with Crippen molar-refractivity contribution in [3.05, 3.63) is 0 Å². The van der Waals surface area contributed by atoms with Gasteiger partial charge in [-0.3, -0.25) is 4.79 Å². The van der Waals surface area contributed by atoms with Gasteiger partial charge < -0.3 is 11.5 Å². The number of rotatable bonds is 4. The number of nitrogens with two attached hydrogens (primary N) is 2. The van der Waals surface area contributed by atoms with Gasteiger partial charge in [-0.25, -0.2) is 0 Å². The van der Waals surface area contributed by atoms with E-state index < -0.39 is 0 Å². The molecule has 0 saturated heterocycles. The van der Waals surface area contributed by atoms with E-state index in [0.29, 0.717) is 6.54 Å². The van der Waals surface area contributed by atoms with Crippen molar-refractivity contribution in [3.63, 3.8) is 0 Å². The highest BCUT2D eigenvalue weighted by atomic mass is 16.1. The first-order valence-corrected chi connectivity index (χ1v) is 4.21.